The van der Waals surface area contributed by atoms with Crippen LogP contribution in [-0.4, -0.2) is 27.2 Å². The highest BCUT2D eigenvalue weighted by Gasteiger charge is 2.23. The second kappa shape index (κ2) is 7.46. The molecule has 2 aromatic carbocycles. The number of benzene rings is 2. The van der Waals surface area contributed by atoms with Gasteiger partial charge in [-0.2, -0.15) is 4.68 Å². The Morgan fingerprint density at radius 2 is 1.68 bits per heavy atom. The molecule has 0 saturated heterocycles. The normalized spacial score (nSPS) is 13.6. The van der Waals surface area contributed by atoms with Gasteiger partial charge in [0.2, 0.25) is 0 Å². The molecular weight excluding hydrogens is 352 g/mol. The molecule has 1 fully saturated rings. The number of aromatic nitrogens is 3. The Labute approximate surface area is 164 Å². The van der Waals surface area contributed by atoms with Gasteiger partial charge in [0.1, 0.15) is 5.69 Å². The Morgan fingerprint density at radius 1 is 1.07 bits per heavy atom. The molecule has 0 bridgehead atoms. The Bertz CT molecular complexity index is 971. The van der Waals surface area contributed by atoms with Crippen LogP contribution in [0.1, 0.15) is 43.9 Å². The summed E-state index contributed by atoms with van der Waals surface area (Å²) in [6.45, 7) is 5.40. The van der Waals surface area contributed by atoms with Crippen molar-refractivity contribution in [2.75, 3.05) is 5.32 Å². The van der Waals surface area contributed by atoms with Gasteiger partial charge >= 0.3 is 6.09 Å². The molecule has 6 heteroatoms. The van der Waals surface area contributed by atoms with Crippen LogP contribution in [-0.2, 0) is 4.74 Å². The maximum Gasteiger partial charge on any atom is 0.413 e. The van der Waals surface area contributed by atoms with E-state index in [2.05, 4.69) is 52.0 Å². The third-order valence-corrected chi connectivity index (χ3v) is 4.81. The third-order valence-electron chi connectivity index (χ3n) is 4.81. The van der Waals surface area contributed by atoms with Crippen LogP contribution in [0.2, 0.25) is 0 Å². The molecule has 0 atom stereocenters. The van der Waals surface area contributed by atoms with Crippen molar-refractivity contribution >= 4 is 11.9 Å². The van der Waals surface area contributed by atoms with E-state index < -0.39 is 6.09 Å². The molecule has 1 saturated carbocycles. The average molecular weight is 376 g/mol. The Balaban J connectivity index is 1.54. The van der Waals surface area contributed by atoms with Crippen molar-refractivity contribution in [3.63, 3.8) is 0 Å². The van der Waals surface area contributed by atoms with E-state index >= 15 is 0 Å². The summed E-state index contributed by atoms with van der Waals surface area (Å²) < 4.78 is 6.77. The van der Waals surface area contributed by atoms with Gasteiger partial charge in [-0.15, -0.1) is 5.10 Å². The standard InChI is InChI=1S/C22H24N4O2/c1-14(2)28-22(27)23-21-15(3)24-25-26(21)20-12-10-19(11-13-20)18-8-6-17(7-9-18)16-4-5-16/h6-14,16H,4-5H2,1-3H3,(H,23,27). The highest BCUT2D eigenvalue weighted by Crippen LogP contribution is 2.40. The quantitative estimate of drug-likeness (QED) is 0.674. The highest BCUT2D eigenvalue weighted by molar-refractivity contribution is 5.84. The minimum absolute atomic E-state index is 0.199. The molecule has 0 unspecified atom stereocenters. The fraction of sp³-hybridized carbons (Fsp3) is 0.318. The number of nitrogens with zero attached hydrogens (tertiary/aromatic N) is 3. The molecule has 144 valence electrons. The van der Waals surface area contributed by atoms with E-state index in [-0.39, 0.29) is 6.10 Å². The molecule has 4 rings (SSSR count). The van der Waals surface area contributed by atoms with E-state index in [1.54, 1.807) is 25.5 Å². The number of anilines is 1. The lowest BCUT2D eigenvalue weighted by Gasteiger charge is -2.12. The first-order valence-corrected chi connectivity index (χ1v) is 9.62. The summed E-state index contributed by atoms with van der Waals surface area (Å²) in [4.78, 5) is 12.0. The van der Waals surface area contributed by atoms with E-state index in [0.29, 0.717) is 11.5 Å². The van der Waals surface area contributed by atoms with Crippen molar-refractivity contribution in [1.29, 1.82) is 0 Å². The van der Waals surface area contributed by atoms with Crippen LogP contribution < -0.4 is 5.32 Å². The van der Waals surface area contributed by atoms with Crippen LogP contribution in [0.25, 0.3) is 16.8 Å². The number of ether oxygens (including phenoxy) is 1. The van der Waals surface area contributed by atoms with Gasteiger partial charge in [-0.3, -0.25) is 5.32 Å². The average Bonchev–Trinajstić information content (AvgIpc) is 3.47. The summed E-state index contributed by atoms with van der Waals surface area (Å²) in [7, 11) is 0. The third kappa shape index (κ3) is 3.91. The van der Waals surface area contributed by atoms with Crippen LogP contribution in [0.3, 0.4) is 0 Å². The zero-order valence-corrected chi connectivity index (χ0v) is 16.3. The molecule has 0 spiro atoms. The number of nitrogens with one attached hydrogen (secondary N) is 1. The largest absolute Gasteiger partial charge is 0.447 e. The zero-order valence-electron chi connectivity index (χ0n) is 16.3. The lowest BCUT2D eigenvalue weighted by Crippen LogP contribution is -2.20. The number of carbonyl (C=O) groups is 1. The van der Waals surface area contributed by atoms with E-state index in [4.69, 9.17) is 4.74 Å². The van der Waals surface area contributed by atoms with E-state index in [0.717, 1.165) is 17.2 Å². The number of hydrogen-bond acceptors (Lipinski definition) is 4. The number of carbonyl (C=O) groups excluding carboxylic acids is 1. The second-order valence-electron chi connectivity index (χ2n) is 7.46. The predicted molar refractivity (Wildman–Crippen MR) is 109 cm³/mol. The first-order chi connectivity index (χ1) is 13.5. The smallest absolute Gasteiger partial charge is 0.413 e. The van der Waals surface area contributed by atoms with Gasteiger partial charge in [-0.1, -0.05) is 41.6 Å². The molecule has 1 heterocycles. The van der Waals surface area contributed by atoms with E-state index in [1.807, 2.05) is 12.1 Å². The first-order valence-electron chi connectivity index (χ1n) is 9.62. The minimum Gasteiger partial charge on any atom is -0.447 e. The molecule has 1 amide bonds. The molecule has 1 aliphatic rings. The predicted octanol–water partition coefficient (Wildman–Crippen LogP) is 5.08. The zero-order chi connectivity index (χ0) is 19.7. The maximum absolute atomic E-state index is 12.0. The lowest BCUT2D eigenvalue weighted by atomic mass is 10.0. The van der Waals surface area contributed by atoms with Crippen LogP contribution in [0, 0.1) is 6.92 Å². The fourth-order valence-electron chi connectivity index (χ4n) is 3.18. The molecule has 28 heavy (non-hydrogen) atoms. The van der Waals surface area contributed by atoms with Crippen LogP contribution in [0.15, 0.2) is 48.5 Å². The van der Waals surface area contributed by atoms with Crippen molar-refractivity contribution in [3.05, 3.63) is 59.8 Å². The van der Waals surface area contributed by atoms with Gasteiger partial charge in [0, 0.05) is 0 Å². The van der Waals surface area contributed by atoms with Gasteiger partial charge in [-0.05, 0) is 68.4 Å². The van der Waals surface area contributed by atoms with Crippen molar-refractivity contribution in [2.24, 2.45) is 0 Å². The van der Waals surface area contributed by atoms with Gasteiger partial charge in [0.15, 0.2) is 5.82 Å². The van der Waals surface area contributed by atoms with Crippen molar-refractivity contribution in [1.82, 2.24) is 15.0 Å². The summed E-state index contributed by atoms with van der Waals surface area (Å²) in [6, 6.07) is 16.8. The first kappa shape index (κ1) is 18.2. The lowest BCUT2D eigenvalue weighted by molar-refractivity contribution is 0.129. The number of rotatable bonds is 5. The van der Waals surface area contributed by atoms with Crippen molar-refractivity contribution in [3.8, 4) is 16.8 Å². The number of hydrogen-bond donors (Lipinski definition) is 1. The summed E-state index contributed by atoms with van der Waals surface area (Å²) in [5.74, 6) is 1.27. The van der Waals surface area contributed by atoms with Gasteiger partial charge in [0.05, 0.1) is 11.8 Å². The summed E-state index contributed by atoms with van der Waals surface area (Å²) >= 11 is 0. The van der Waals surface area contributed by atoms with Gasteiger partial charge in [0.25, 0.3) is 0 Å². The summed E-state index contributed by atoms with van der Waals surface area (Å²) in [5.41, 5.74) is 5.20. The molecular formula is C22H24N4O2. The second-order valence-corrected chi connectivity index (χ2v) is 7.46. The van der Waals surface area contributed by atoms with Crippen molar-refractivity contribution < 1.29 is 9.53 Å². The number of aryl methyl sites for hydroxylation is 1. The summed E-state index contributed by atoms with van der Waals surface area (Å²) in [5, 5.41) is 11.0. The van der Waals surface area contributed by atoms with Crippen LogP contribution >= 0.6 is 0 Å². The molecule has 6 nitrogen and oxygen atoms in total. The molecule has 0 radical (unpaired) electrons. The molecule has 3 aromatic rings. The molecule has 1 N–H and O–H groups in total. The van der Waals surface area contributed by atoms with E-state index in [9.17, 15) is 4.79 Å². The van der Waals surface area contributed by atoms with Gasteiger partial charge in [-0.25, -0.2) is 4.79 Å². The molecule has 0 aliphatic heterocycles. The Hall–Kier alpha value is -3.15. The topological polar surface area (TPSA) is 69.0 Å². The molecule has 1 aromatic heterocycles. The Kier molecular flexibility index (Phi) is 4.86. The summed E-state index contributed by atoms with van der Waals surface area (Å²) in [6.07, 6.45) is 1.91. The monoisotopic (exact) mass is 376 g/mol. The van der Waals surface area contributed by atoms with E-state index in [1.165, 1.54) is 24.0 Å². The SMILES string of the molecule is Cc1nnn(-c2ccc(-c3ccc(C4CC4)cc3)cc2)c1NC(=O)OC(C)C. The minimum atomic E-state index is -0.519. The Morgan fingerprint density at radius 3 is 2.25 bits per heavy atom. The maximum atomic E-state index is 12.0. The van der Waals surface area contributed by atoms with Crippen molar-refractivity contribution in [2.45, 2.75) is 45.6 Å². The fourth-order valence-corrected chi connectivity index (χ4v) is 3.18. The highest BCUT2D eigenvalue weighted by atomic mass is 16.6. The van der Waals surface area contributed by atoms with Gasteiger partial charge < -0.3 is 4.74 Å². The van der Waals surface area contributed by atoms with Crippen LogP contribution in [0.5, 0.6) is 0 Å². The number of amides is 1. The van der Waals surface area contributed by atoms with Crippen LogP contribution in [0.4, 0.5) is 10.6 Å². The molecule has 1 aliphatic carbocycles.